The lowest BCUT2D eigenvalue weighted by molar-refractivity contribution is -0.172. The fourth-order valence-corrected chi connectivity index (χ4v) is 4.55. The van der Waals surface area contributed by atoms with Crippen LogP contribution in [0.1, 0.15) is 56.8 Å². The number of nitrogens with one attached hydrogen (secondary N) is 1. The molecule has 1 aromatic rings. The summed E-state index contributed by atoms with van der Waals surface area (Å²) in [6, 6.07) is 3.24. The molecule has 1 saturated heterocycles. The number of Topliss-reactive ketones (excluding diaryl/α,β-unsaturated/α-hetero) is 2. The highest BCUT2D eigenvalue weighted by Crippen LogP contribution is 2.36. The average Bonchev–Trinajstić information content (AvgIpc) is 2.78. The molecule has 13 heteroatoms. The first-order valence-electron chi connectivity index (χ1n) is 11.7. The minimum absolute atomic E-state index is 0.00907. The van der Waals surface area contributed by atoms with E-state index in [0.717, 1.165) is 0 Å². The van der Waals surface area contributed by atoms with Crippen LogP contribution in [0.15, 0.2) is 18.2 Å². The molecule has 202 valence electrons. The van der Waals surface area contributed by atoms with E-state index in [1.807, 2.05) is 13.8 Å². The molecule has 1 fully saturated rings. The number of rotatable bonds is 13. The van der Waals surface area contributed by atoms with Crippen LogP contribution in [0.25, 0.3) is 0 Å². The third kappa shape index (κ3) is 8.53. The zero-order valence-corrected chi connectivity index (χ0v) is 22.6. The smallest absolute Gasteiger partial charge is 0.509 e. The van der Waals surface area contributed by atoms with Gasteiger partial charge in [-0.05, 0) is 37.5 Å². The van der Waals surface area contributed by atoms with Crippen LogP contribution in [-0.4, -0.2) is 67.0 Å². The molecule has 2 rings (SSSR count). The second kappa shape index (κ2) is 13.4. The Morgan fingerprint density at radius 1 is 1.24 bits per heavy atom. The number of amides is 1. The largest absolute Gasteiger partial charge is 0.531 e. The molecule has 1 unspecified atom stereocenters. The lowest BCUT2D eigenvalue weighted by atomic mass is 9.63. The van der Waals surface area contributed by atoms with Crippen LogP contribution in [0.2, 0.25) is 15.9 Å². The summed E-state index contributed by atoms with van der Waals surface area (Å²) < 4.78 is 16.2. The molecule has 1 aromatic carbocycles. The fraction of sp³-hybridized carbons (Fsp3) is 0.542. The Labute approximate surface area is 225 Å². The number of carbonyl (C=O) groups excluding carboxylic acids is 4. The van der Waals surface area contributed by atoms with Crippen molar-refractivity contribution >= 4 is 59.7 Å². The molecule has 37 heavy (non-hydrogen) atoms. The van der Waals surface area contributed by atoms with Gasteiger partial charge in [-0.25, -0.2) is 4.79 Å². The van der Waals surface area contributed by atoms with E-state index < -0.39 is 66.8 Å². The molecule has 1 aliphatic heterocycles. The van der Waals surface area contributed by atoms with Crippen LogP contribution in [0.4, 0.5) is 0 Å². The van der Waals surface area contributed by atoms with Crippen molar-refractivity contribution in [2.75, 3.05) is 13.7 Å². The molecule has 10 nitrogen and oxygen atoms in total. The van der Waals surface area contributed by atoms with Gasteiger partial charge in [0.15, 0.2) is 11.4 Å². The zero-order valence-electron chi connectivity index (χ0n) is 21.0. The number of ether oxygens (including phenoxy) is 1. The standard InChI is InChI=1S/C24H30BCl2NO9/c1-13(2)7-15(25-36-21(31)11-24(37-25,23(33)34)10-14(3)29)8-20(30)19(12-35-4)28-22(32)17-9-16(26)5-6-18(17)27/h5-6,9,13,15,19H,7-8,10-12H2,1-4H3,(H,28,32)(H,33,34)/t15-,19+,24?/m1/s1. The van der Waals surface area contributed by atoms with E-state index >= 15 is 0 Å². The maximum Gasteiger partial charge on any atom is 0.531 e. The third-order valence-corrected chi connectivity index (χ3v) is 6.33. The third-order valence-electron chi connectivity index (χ3n) is 5.77. The maximum absolute atomic E-state index is 13.3. The van der Waals surface area contributed by atoms with Gasteiger partial charge in [0.2, 0.25) is 0 Å². The molecule has 0 spiro atoms. The first-order valence-corrected chi connectivity index (χ1v) is 12.4. The average molecular weight is 558 g/mol. The van der Waals surface area contributed by atoms with Crippen molar-refractivity contribution in [1.29, 1.82) is 0 Å². The number of carboxylic acid groups (broad SMARTS) is 1. The number of carbonyl (C=O) groups is 5. The van der Waals surface area contributed by atoms with Crippen LogP contribution < -0.4 is 5.32 Å². The van der Waals surface area contributed by atoms with E-state index in [2.05, 4.69) is 5.32 Å². The number of methoxy groups -OCH3 is 1. The van der Waals surface area contributed by atoms with Crippen molar-refractivity contribution in [2.45, 2.75) is 63.9 Å². The van der Waals surface area contributed by atoms with Crippen LogP contribution in [-0.2, 0) is 33.2 Å². The lowest BCUT2D eigenvalue weighted by Gasteiger charge is -2.38. The number of hydrogen-bond donors (Lipinski definition) is 2. The molecule has 0 radical (unpaired) electrons. The van der Waals surface area contributed by atoms with E-state index in [1.54, 1.807) is 0 Å². The Bertz CT molecular complexity index is 1050. The first-order chi connectivity index (χ1) is 17.3. The minimum atomic E-state index is -2.09. The molecular formula is C24H30BCl2NO9. The van der Waals surface area contributed by atoms with Gasteiger partial charge in [-0.1, -0.05) is 37.0 Å². The summed E-state index contributed by atoms with van der Waals surface area (Å²) in [6.45, 7) is 4.78. The molecule has 1 aliphatic rings. The molecule has 0 aromatic heterocycles. The van der Waals surface area contributed by atoms with Crippen LogP contribution in [0.3, 0.4) is 0 Å². The highest BCUT2D eigenvalue weighted by atomic mass is 35.5. The second-order valence-electron chi connectivity index (χ2n) is 9.50. The topological polar surface area (TPSA) is 145 Å². The summed E-state index contributed by atoms with van der Waals surface area (Å²) in [5, 5.41) is 12.8. The molecule has 1 heterocycles. The molecule has 3 atom stereocenters. The van der Waals surface area contributed by atoms with E-state index in [9.17, 15) is 29.1 Å². The normalized spacial score (nSPS) is 19.2. The van der Waals surface area contributed by atoms with Gasteiger partial charge in [0.1, 0.15) is 11.8 Å². The number of hydrogen-bond acceptors (Lipinski definition) is 8. The van der Waals surface area contributed by atoms with Gasteiger partial charge in [-0.15, -0.1) is 0 Å². The van der Waals surface area contributed by atoms with Crippen molar-refractivity contribution in [3.05, 3.63) is 33.8 Å². The van der Waals surface area contributed by atoms with E-state index in [0.29, 0.717) is 6.42 Å². The highest BCUT2D eigenvalue weighted by Gasteiger charge is 2.54. The first kappa shape index (κ1) is 30.8. The van der Waals surface area contributed by atoms with Gasteiger partial charge < -0.3 is 24.5 Å². The number of carboxylic acids is 1. The molecule has 0 saturated carbocycles. The molecule has 0 bridgehead atoms. The minimum Gasteiger partial charge on any atom is -0.509 e. The summed E-state index contributed by atoms with van der Waals surface area (Å²) >= 11 is 12.1. The molecule has 2 N–H and O–H groups in total. The van der Waals surface area contributed by atoms with Gasteiger partial charge in [0.25, 0.3) is 11.9 Å². The molecular weight excluding hydrogens is 528 g/mol. The van der Waals surface area contributed by atoms with Crippen molar-refractivity contribution in [3.63, 3.8) is 0 Å². The second-order valence-corrected chi connectivity index (χ2v) is 10.3. The highest BCUT2D eigenvalue weighted by molar-refractivity contribution is 6.50. The fourth-order valence-electron chi connectivity index (χ4n) is 4.18. The Balaban J connectivity index is 2.29. The Hall–Kier alpha value is -2.47. The number of halogens is 2. The van der Waals surface area contributed by atoms with Crippen molar-refractivity contribution in [1.82, 2.24) is 5.32 Å². The van der Waals surface area contributed by atoms with Crippen LogP contribution in [0.5, 0.6) is 0 Å². The Kier molecular flexibility index (Phi) is 11.1. The van der Waals surface area contributed by atoms with E-state index in [1.165, 1.54) is 32.2 Å². The summed E-state index contributed by atoms with van der Waals surface area (Å²) in [6.07, 6.45) is -1.07. The maximum atomic E-state index is 13.3. The van der Waals surface area contributed by atoms with Crippen LogP contribution >= 0.6 is 23.2 Å². The Morgan fingerprint density at radius 2 is 1.92 bits per heavy atom. The number of ketones is 2. The van der Waals surface area contributed by atoms with Gasteiger partial charge in [0.05, 0.1) is 23.6 Å². The van der Waals surface area contributed by atoms with Gasteiger partial charge in [0, 0.05) is 30.8 Å². The van der Waals surface area contributed by atoms with Crippen molar-refractivity contribution < 1.29 is 43.1 Å². The van der Waals surface area contributed by atoms with Crippen LogP contribution in [0, 0.1) is 5.92 Å². The monoisotopic (exact) mass is 557 g/mol. The van der Waals surface area contributed by atoms with Crippen molar-refractivity contribution in [3.8, 4) is 0 Å². The van der Waals surface area contributed by atoms with E-state index in [-0.39, 0.29) is 34.6 Å². The predicted octanol–water partition coefficient (Wildman–Crippen LogP) is 3.37. The number of benzene rings is 1. The zero-order chi connectivity index (χ0) is 27.9. The van der Waals surface area contributed by atoms with Crippen molar-refractivity contribution in [2.24, 2.45) is 5.92 Å². The quantitative estimate of drug-likeness (QED) is 0.348. The van der Waals surface area contributed by atoms with E-state index in [4.69, 9.17) is 37.2 Å². The predicted molar refractivity (Wildman–Crippen MR) is 136 cm³/mol. The molecule has 0 aliphatic carbocycles. The SMILES string of the molecule is COC[C@H](NC(=O)c1cc(Cl)ccc1Cl)C(=O)C[C@@H](CC(C)C)B1OC(=O)CC(CC(C)=O)(C(=O)O)O1. The Morgan fingerprint density at radius 3 is 2.49 bits per heavy atom. The number of aliphatic carboxylic acids is 1. The summed E-state index contributed by atoms with van der Waals surface area (Å²) in [5.74, 6) is -4.65. The summed E-state index contributed by atoms with van der Waals surface area (Å²) in [4.78, 5) is 62.3. The lowest BCUT2D eigenvalue weighted by Crippen LogP contribution is -2.56. The molecule has 1 amide bonds. The summed E-state index contributed by atoms with van der Waals surface area (Å²) in [7, 11) is -0.0244. The van der Waals surface area contributed by atoms with Gasteiger partial charge >= 0.3 is 13.1 Å². The van der Waals surface area contributed by atoms with Gasteiger partial charge in [-0.3, -0.25) is 19.2 Å². The summed E-state index contributed by atoms with van der Waals surface area (Å²) in [5.41, 5.74) is -2.02. The van der Waals surface area contributed by atoms with Gasteiger partial charge in [-0.2, -0.15) is 0 Å².